The lowest BCUT2D eigenvalue weighted by Gasteiger charge is -2.30. The van der Waals surface area contributed by atoms with Crippen LogP contribution in [0.5, 0.6) is 0 Å². The van der Waals surface area contributed by atoms with Crippen LogP contribution in [0.25, 0.3) is 11.6 Å². The zero-order valence-electron chi connectivity index (χ0n) is 18.2. The molecule has 0 bridgehead atoms. The van der Waals surface area contributed by atoms with Crippen molar-refractivity contribution in [1.29, 1.82) is 0 Å². The van der Waals surface area contributed by atoms with Crippen molar-refractivity contribution in [3.8, 4) is 11.6 Å². The van der Waals surface area contributed by atoms with Crippen molar-refractivity contribution in [3.05, 3.63) is 48.0 Å². The minimum atomic E-state index is -3.54. The zero-order valence-corrected chi connectivity index (χ0v) is 19.0. The Hall–Kier alpha value is -2.98. The van der Waals surface area contributed by atoms with Gasteiger partial charge in [-0.25, -0.2) is 8.42 Å². The fourth-order valence-electron chi connectivity index (χ4n) is 3.92. The normalized spacial score (nSPS) is 14.0. The summed E-state index contributed by atoms with van der Waals surface area (Å²) in [5.41, 5.74) is 1.64. The summed E-state index contributed by atoms with van der Waals surface area (Å²) in [6.45, 7) is 5.06. The largest absolute Gasteiger partial charge is 0.461 e. The molecule has 3 heterocycles. The molecule has 0 N–H and O–H groups in total. The van der Waals surface area contributed by atoms with Gasteiger partial charge in [-0.1, -0.05) is 19.0 Å². The van der Waals surface area contributed by atoms with Gasteiger partial charge in [-0.05, 0) is 48.7 Å². The minimum Gasteiger partial charge on any atom is -0.461 e. The molecule has 10 heteroatoms. The van der Waals surface area contributed by atoms with Crippen LogP contribution >= 0.6 is 0 Å². The molecule has 1 aromatic carbocycles. The smallest absolute Gasteiger partial charge is 0.243 e. The number of nitrogens with zero attached hydrogens (tertiary/aromatic N) is 4. The Labute approximate surface area is 187 Å². The van der Waals surface area contributed by atoms with Crippen LogP contribution in [-0.2, 0) is 27.7 Å². The third kappa shape index (κ3) is 4.33. The quantitative estimate of drug-likeness (QED) is 0.509. The second-order valence-corrected chi connectivity index (χ2v) is 9.46. The Morgan fingerprint density at radius 2 is 2.03 bits per heavy atom. The van der Waals surface area contributed by atoms with Crippen molar-refractivity contribution >= 4 is 21.6 Å². The van der Waals surface area contributed by atoms with Crippen LogP contribution in [0.3, 0.4) is 0 Å². The van der Waals surface area contributed by atoms with Gasteiger partial charge in [0, 0.05) is 38.2 Å². The Morgan fingerprint density at radius 3 is 2.75 bits per heavy atom. The monoisotopic (exact) mass is 458 g/mol. The molecule has 0 atom stereocenters. The molecular weight excluding hydrogens is 432 g/mol. The average molecular weight is 459 g/mol. The standard InChI is InChI=1S/C22H26N4O5S/c1-3-25(4-2)32(28,29)17-9-10-18-16(15-17)7-5-13-26(18)21(27)12-11-20-23-22(24-31-20)19-8-6-14-30-19/h6,8-10,14-15H,3-5,7,11-13H2,1-2H3. The van der Waals surface area contributed by atoms with Gasteiger partial charge in [-0.3, -0.25) is 4.79 Å². The van der Waals surface area contributed by atoms with E-state index in [9.17, 15) is 13.2 Å². The maximum atomic E-state index is 12.9. The zero-order chi connectivity index (χ0) is 22.7. The van der Waals surface area contributed by atoms with Crippen molar-refractivity contribution in [2.24, 2.45) is 0 Å². The van der Waals surface area contributed by atoms with E-state index in [4.69, 9.17) is 8.94 Å². The van der Waals surface area contributed by atoms with E-state index >= 15 is 0 Å². The molecule has 1 aliphatic rings. The van der Waals surface area contributed by atoms with Crippen LogP contribution in [0.15, 0.2) is 50.4 Å². The molecule has 9 nitrogen and oxygen atoms in total. The third-order valence-electron chi connectivity index (χ3n) is 5.58. The SMILES string of the molecule is CCN(CC)S(=O)(=O)c1ccc2c(c1)CCCN2C(=O)CCc1nc(-c2ccco2)no1. The van der Waals surface area contributed by atoms with Crippen molar-refractivity contribution < 1.29 is 22.2 Å². The van der Waals surface area contributed by atoms with Crippen LogP contribution < -0.4 is 4.90 Å². The maximum Gasteiger partial charge on any atom is 0.243 e. The van der Waals surface area contributed by atoms with E-state index in [-0.39, 0.29) is 17.2 Å². The number of rotatable bonds is 8. The molecule has 0 radical (unpaired) electrons. The molecule has 4 rings (SSSR count). The van der Waals surface area contributed by atoms with Gasteiger partial charge in [0.25, 0.3) is 0 Å². The first-order valence-electron chi connectivity index (χ1n) is 10.7. The van der Waals surface area contributed by atoms with Crippen LogP contribution in [0.2, 0.25) is 0 Å². The number of carbonyl (C=O) groups excluding carboxylic acids is 1. The summed E-state index contributed by atoms with van der Waals surface area (Å²) in [6.07, 6.45) is 3.56. The summed E-state index contributed by atoms with van der Waals surface area (Å²) in [7, 11) is -3.54. The number of amides is 1. The highest BCUT2D eigenvalue weighted by atomic mass is 32.2. The summed E-state index contributed by atoms with van der Waals surface area (Å²) < 4.78 is 37.6. The molecule has 0 saturated heterocycles. The van der Waals surface area contributed by atoms with Crippen LogP contribution in [-0.4, -0.2) is 48.4 Å². The topological polar surface area (TPSA) is 110 Å². The molecular formula is C22H26N4O5S. The lowest BCUT2D eigenvalue weighted by Crippen LogP contribution is -2.36. The number of aryl methyl sites for hydroxylation is 2. The molecule has 2 aromatic heterocycles. The first kappa shape index (κ1) is 22.2. The van der Waals surface area contributed by atoms with Gasteiger partial charge in [-0.15, -0.1) is 0 Å². The van der Waals surface area contributed by atoms with Gasteiger partial charge in [0.2, 0.25) is 27.6 Å². The number of hydrogen-bond donors (Lipinski definition) is 0. The molecule has 0 saturated carbocycles. The van der Waals surface area contributed by atoms with E-state index in [0.29, 0.717) is 43.5 Å². The number of hydrogen-bond acceptors (Lipinski definition) is 7. The molecule has 0 aliphatic carbocycles. The van der Waals surface area contributed by atoms with E-state index in [1.807, 2.05) is 13.8 Å². The van der Waals surface area contributed by atoms with E-state index in [0.717, 1.165) is 24.1 Å². The third-order valence-corrected chi connectivity index (χ3v) is 7.62. The van der Waals surface area contributed by atoms with Gasteiger partial charge in [-0.2, -0.15) is 9.29 Å². The maximum absolute atomic E-state index is 12.9. The van der Waals surface area contributed by atoms with Crippen LogP contribution in [0.4, 0.5) is 5.69 Å². The summed E-state index contributed by atoms with van der Waals surface area (Å²) >= 11 is 0. The number of fused-ring (bicyclic) bond motifs is 1. The fourth-order valence-corrected chi connectivity index (χ4v) is 5.43. The lowest BCUT2D eigenvalue weighted by molar-refractivity contribution is -0.118. The summed E-state index contributed by atoms with van der Waals surface area (Å²) in [5, 5.41) is 3.88. The summed E-state index contributed by atoms with van der Waals surface area (Å²) in [4.78, 5) is 19.2. The number of furan rings is 1. The number of sulfonamides is 1. The van der Waals surface area contributed by atoms with E-state index in [1.165, 1.54) is 10.6 Å². The molecule has 32 heavy (non-hydrogen) atoms. The van der Waals surface area contributed by atoms with Crippen molar-refractivity contribution in [2.45, 2.75) is 44.4 Å². The Kier molecular flexibility index (Phi) is 6.43. The van der Waals surface area contributed by atoms with Crippen molar-refractivity contribution in [1.82, 2.24) is 14.4 Å². The molecule has 1 amide bonds. The second-order valence-electron chi connectivity index (χ2n) is 7.52. The Balaban J connectivity index is 1.47. The summed E-state index contributed by atoms with van der Waals surface area (Å²) in [6, 6.07) is 8.51. The first-order chi connectivity index (χ1) is 15.4. The fraction of sp³-hybridized carbons (Fsp3) is 0.409. The molecule has 3 aromatic rings. The first-order valence-corrected chi connectivity index (χ1v) is 12.2. The van der Waals surface area contributed by atoms with Gasteiger partial charge < -0.3 is 13.8 Å². The van der Waals surface area contributed by atoms with Gasteiger partial charge in [0.15, 0.2) is 5.76 Å². The number of carbonyl (C=O) groups is 1. The van der Waals surface area contributed by atoms with E-state index in [1.54, 1.807) is 35.2 Å². The Morgan fingerprint density at radius 1 is 1.22 bits per heavy atom. The van der Waals surface area contributed by atoms with Crippen LogP contribution in [0.1, 0.15) is 38.1 Å². The van der Waals surface area contributed by atoms with E-state index < -0.39 is 10.0 Å². The summed E-state index contributed by atoms with van der Waals surface area (Å²) in [5.74, 6) is 1.15. The highest BCUT2D eigenvalue weighted by Gasteiger charge is 2.27. The highest BCUT2D eigenvalue weighted by molar-refractivity contribution is 7.89. The molecule has 1 aliphatic heterocycles. The molecule has 170 valence electrons. The highest BCUT2D eigenvalue weighted by Crippen LogP contribution is 2.31. The predicted molar refractivity (Wildman–Crippen MR) is 118 cm³/mol. The second kappa shape index (κ2) is 9.25. The molecule has 0 fully saturated rings. The molecule has 0 unspecified atom stereocenters. The average Bonchev–Trinajstić information content (AvgIpc) is 3.49. The van der Waals surface area contributed by atoms with Gasteiger partial charge in [0.1, 0.15) is 0 Å². The number of aromatic nitrogens is 2. The number of anilines is 1. The lowest BCUT2D eigenvalue weighted by atomic mass is 10.0. The van der Waals surface area contributed by atoms with Crippen molar-refractivity contribution in [2.75, 3.05) is 24.5 Å². The van der Waals surface area contributed by atoms with Crippen LogP contribution in [0, 0.1) is 0 Å². The Bertz CT molecular complexity index is 1180. The predicted octanol–water partition coefficient (Wildman–Crippen LogP) is 3.27. The molecule has 0 spiro atoms. The van der Waals surface area contributed by atoms with E-state index in [2.05, 4.69) is 10.1 Å². The minimum absolute atomic E-state index is 0.0666. The number of benzene rings is 1. The van der Waals surface area contributed by atoms with Gasteiger partial charge in [0.05, 0.1) is 11.2 Å². The van der Waals surface area contributed by atoms with Crippen molar-refractivity contribution in [3.63, 3.8) is 0 Å². The van der Waals surface area contributed by atoms with Gasteiger partial charge >= 0.3 is 0 Å².